The first-order chi connectivity index (χ1) is 11.1. The summed E-state index contributed by atoms with van der Waals surface area (Å²) in [6.07, 6.45) is 9.01. The number of thiophene rings is 1. The average Bonchev–Trinajstić information content (AvgIpc) is 2.95. The summed E-state index contributed by atoms with van der Waals surface area (Å²) in [4.78, 5) is 13.8. The first kappa shape index (κ1) is 16.8. The van der Waals surface area contributed by atoms with Gasteiger partial charge in [-0.05, 0) is 36.3 Å². The number of aryl methyl sites for hydroxylation is 1. The summed E-state index contributed by atoms with van der Waals surface area (Å²) < 4.78 is 4.88. The van der Waals surface area contributed by atoms with Crippen LogP contribution in [0.15, 0.2) is 54.8 Å². The van der Waals surface area contributed by atoms with Crippen molar-refractivity contribution < 1.29 is 14.6 Å². The second kappa shape index (κ2) is 8.15. The Kier molecular flexibility index (Phi) is 5.94. The SMILES string of the molecule is CO/C=C(/C(=O)O)c1ccccc1C=C/C=C/c1ccc(C)s1. The molecule has 2 aromatic rings. The number of hydrogen-bond acceptors (Lipinski definition) is 3. The number of methoxy groups -OCH3 is 1. The Hall–Kier alpha value is -2.59. The first-order valence-electron chi connectivity index (χ1n) is 7.08. The molecule has 0 aliphatic carbocycles. The molecule has 0 saturated heterocycles. The van der Waals surface area contributed by atoms with Crippen molar-refractivity contribution in [2.24, 2.45) is 0 Å². The summed E-state index contributed by atoms with van der Waals surface area (Å²) in [6.45, 7) is 2.07. The third kappa shape index (κ3) is 4.69. The summed E-state index contributed by atoms with van der Waals surface area (Å²) in [5, 5.41) is 9.32. The van der Waals surface area contributed by atoms with E-state index in [-0.39, 0.29) is 5.57 Å². The van der Waals surface area contributed by atoms with Gasteiger partial charge in [0.15, 0.2) is 0 Å². The minimum absolute atomic E-state index is 0.130. The summed E-state index contributed by atoms with van der Waals surface area (Å²) >= 11 is 1.73. The van der Waals surface area contributed by atoms with Crippen molar-refractivity contribution >= 4 is 35.0 Å². The van der Waals surface area contributed by atoms with E-state index >= 15 is 0 Å². The van der Waals surface area contributed by atoms with Crippen LogP contribution >= 0.6 is 11.3 Å². The summed E-state index contributed by atoms with van der Waals surface area (Å²) in [5.74, 6) is -1.02. The highest BCUT2D eigenvalue weighted by Gasteiger charge is 2.13. The van der Waals surface area contributed by atoms with E-state index in [0.29, 0.717) is 5.56 Å². The van der Waals surface area contributed by atoms with E-state index in [4.69, 9.17) is 4.74 Å². The Bertz CT molecular complexity index is 766. The maximum atomic E-state index is 11.4. The molecule has 0 amide bonds. The molecule has 0 aliphatic rings. The largest absolute Gasteiger partial charge is 0.503 e. The van der Waals surface area contributed by atoms with Gasteiger partial charge in [0.1, 0.15) is 5.57 Å². The molecule has 0 spiro atoms. The molecule has 118 valence electrons. The summed E-state index contributed by atoms with van der Waals surface area (Å²) in [6, 6.07) is 11.5. The second-order valence-electron chi connectivity index (χ2n) is 4.83. The normalized spacial score (nSPS) is 12.2. The maximum absolute atomic E-state index is 11.4. The van der Waals surface area contributed by atoms with Crippen molar-refractivity contribution in [2.45, 2.75) is 6.92 Å². The van der Waals surface area contributed by atoms with Crippen LogP contribution in [0, 0.1) is 6.92 Å². The van der Waals surface area contributed by atoms with Crippen LogP contribution in [-0.2, 0) is 9.53 Å². The molecular formula is C19H18O3S. The van der Waals surface area contributed by atoms with Gasteiger partial charge >= 0.3 is 5.97 Å². The van der Waals surface area contributed by atoms with E-state index in [1.165, 1.54) is 23.1 Å². The lowest BCUT2D eigenvalue weighted by atomic mass is 10.0. The number of hydrogen-bond donors (Lipinski definition) is 1. The van der Waals surface area contributed by atoms with Gasteiger partial charge in [0.2, 0.25) is 0 Å². The van der Waals surface area contributed by atoms with Crippen molar-refractivity contribution in [3.63, 3.8) is 0 Å². The van der Waals surface area contributed by atoms with Gasteiger partial charge in [0.25, 0.3) is 0 Å². The first-order valence-corrected chi connectivity index (χ1v) is 7.90. The molecule has 1 heterocycles. The van der Waals surface area contributed by atoms with Crippen molar-refractivity contribution in [3.05, 3.63) is 75.7 Å². The Morgan fingerprint density at radius 2 is 1.87 bits per heavy atom. The molecule has 1 N–H and O–H groups in total. The fourth-order valence-corrected chi connectivity index (χ4v) is 2.88. The molecule has 0 unspecified atom stereocenters. The Morgan fingerprint density at radius 1 is 1.13 bits per heavy atom. The molecule has 0 atom stereocenters. The molecule has 4 heteroatoms. The quantitative estimate of drug-likeness (QED) is 0.469. The number of aliphatic carboxylic acids is 1. The van der Waals surface area contributed by atoms with Crippen molar-refractivity contribution in [1.29, 1.82) is 0 Å². The van der Waals surface area contributed by atoms with Gasteiger partial charge in [-0.2, -0.15) is 0 Å². The number of carboxylic acid groups (broad SMARTS) is 1. The maximum Gasteiger partial charge on any atom is 0.339 e. The van der Waals surface area contributed by atoms with Crippen LogP contribution in [0.5, 0.6) is 0 Å². The van der Waals surface area contributed by atoms with Crippen LogP contribution in [0.25, 0.3) is 17.7 Å². The van der Waals surface area contributed by atoms with Crippen molar-refractivity contribution in [1.82, 2.24) is 0 Å². The van der Waals surface area contributed by atoms with Gasteiger partial charge in [0, 0.05) is 9.75 Å². The highest BCUT2D eigenvalue weighted by atomic mass is 32.1. The molecule has 0 fully saturated rings. The van der Waals surface area contributed by atoms with Gasteiger partial charge in [-0.1, -0.05) is 42.5 Å². The van der Waals surface area contributed by atoms with Gasteiger partial charge < -0.3 is 9.84 Å². The van der Waals surface area contributed by atoms with Crippen LogP contribution in [0.2, 0.25) is 0 Å². The topological polar surface area (TPSA) is 46.5 Å². The minimum Gasteiger partial charge on any atom is -0.503 e. The van der Waals surface area contributed by atoms with E-state index < -0.39 is 5.97 Å². The number of benzene rings is 1. The number of carboxylic acids is 1. The Balaban J connectivity index is 2.23. The fraction of sp³-hybridized carbons (Fsp3) is 0.105. The van der Waals surface area contributed by atoms with E-state index in [1.807, 2.05) is 42.5 Å². The van der Waals surface area contributed by atoms with E-state index in [0.717, 1.165) is 5.56 Å². The zero-order chi connectivity index (χ0) is 16.7. The third-order valence-corrected chi connectivity index (χ3v) is 4.09. The van der Waals surface area contributed by atoms with E-state index in [9.17, 15) is 9.90 Å². The summed E-state index contributed by atoms with van der Waals surface area (Å²) in [7, 11) is 1.44. The van der Waals surface area contributed by atoms with Crippen LogP contribution in [0.3, 0.4) is 0 Å². The molecule has 0 aliphatic heterocycles. The molecule has 3 nitrogen and oxygen atoms in total. The standard InChI is InChI=1S/C19H18O3S/c1-14-11-12-16(23-14)9-5-3-7-15-8-4-6-10-17(15)18(13-22-2)19(20)21/h3-13H,1-2H3,(H,20,21)/b7-3?,9-5+,18-13+. The lowest BCUT2D eigenvalue weighted by molar-refractivity contribution is -0.130. The Morgan fingerprint density at radius 3 is 2.52 bits per heavy atom. The molecule has 23 heavy (non-hydrogen) atoms. The van der Waals surface area contributed by atoms with Gasteiger partial charge in [-0.3, -0.25) is 0 Å². The predicted octanol–water partition coefficient (Wildman–Crippen LogP) is 4.86. The Labute approximate surface area is 139 Å². The number of carbonyl (C=O) groups is 1. The van der Waals surface area contributed by atoms with Crippen LogP contribution in [0.4, 0.5) is 0 Å². The van der Waals surface area contributed by atoms with Gasteiger partial charge in [0.05, 0.1) is 13.4 Å². The van der Waals surface area contributed by atoms with Crippen LogP contribution in [0.1, 0.15) is 20.9 Å². The molecule has 1 aromatic heterocycles. The van der Waals surface area contributed by atoms with Gasteiger partial charge in [-0.15, -0.1) is 11.3 Å². The van der Waals surface area contributed by atoms with Crippen LogP contribution in [-0.4, -0.2) is 18.2 Å². The van der Waals surface area contributed by atoms with Crippen molar-refractivity contribution in [2.75, 3.05) is 7.11 Å². The summed E-state index contributed by atoms with van der Waals surface area (Å²) in [5.41, 5.74) is 1.58. The lowest BCUT2D eigenvalue weighted by Crippen LogP contribution is -2.02. The smallest absolute Gasteiger partial charge is 0.339 e. The van der Waals surface area contributed by atoms with Gasteiger partial charge in [-0.25, -0.2) is 4.79 Å². The van der Waals surface area contributed by atoms with Crippen molar-refractivity contribution in [3.8, 4) is 0 Å². The number of rotatable bonds is 6. The molecule has 0 radical (unpaired) electrons. The van der Waals surface area contributed by atoms with E-state index in [2.05, 4.69) is 19.1 Å². The molecule has 1 aromatic carbocycles. The minimum atomic E-state index is -1.02. The molecular weight excluding hydrogens is 308 g/mol. The fourth-order valence-electron chi connectivity index (χ4n) is 2.09. The number of allylic oxidation sites excluding steroid dienone is 2. The zero-order valence-corrected chi connectivity index (χ0v) is 13.8. The lowest BCUT2D eigenvalue weighted by Gasteiger charge is -2.06. The zero-order valence-electron chi connectivity index (χ0n) is 13.0. The second-order valence-corrected chi connectivity index (χ2v) is 6.15. The average molecular weight is 326 g/mol. The molecule has 0 bridgehead atoms. The number of ether oxygens (including phenoxy) is 1. The molecule has 0 saturated carbocycles. The highest BCUT2D eigenvalue weighted by molar-refractivity contribution is 7.12. The molecule has 2 rings (SSSR count). The predicted molar refractivity (Wildman–Crippen MR) is 96.2 cm³/mol. The third-order valence-electron chi connectivity index (χ3n) is 3.13. The monoisotopic (exact) mass is 326 g/mol. The van der Waals surface area contributed by atoms with E-state index in [1.54, 1.807) is 17.4 Å². The van der Waals surface area contributed by atoms with Crippen LogP contribution < -0.4 is 0 Å². The highest BCUT2D eigenvalue weighted by Crippen LogP contribution is 2.21.